The summed E-state index contributed by atoms with van der Waals surface area (Å²) in [6.07, 6.45) is 1.71. The lowest BCUT2D eigenvalue weighted by Gasteiger charge is -2.24. The topological polar surface area (TPSA) is 47.6 Å². The van der Waals surface area contributed by atoms with E-state index in [-0.39, 0.29) is 18.1 Å². The van der Waals surface area contributed by atoms with Gasteiger partial charge in [-0.1, -0.05) is 20.8 Å². The Morgan fingerprint density at radius 2 is 1.94 bits per heavy atom. The van der Waals surface area contributed by atoms with Gasteiger partial charge in [0.15, 0.2) is 0 Å². The molecule has 0 aromatic rings. The van der Waals surface area contributed by atoms with Gasteiger partial charge in [0.25, 0.3) is 0 Å². The van der Waals surface area contributed by atoms with E-state index in [0.29, 0.717) is 12.5 Å². The van der Waals surface area contributed by atoms with Crippen molar-refractivity contribution in [3.8, 4) is 0 Å². The molecule has 0 spiro atoms. The summed E-state index contributed by atoms with van der Waals surface area (Å²) in [6.45, 7) is 6.87. The zero-order valence-corrected chi connectivity index (χ0v) is 11.1. The third-order valence-corrected chi connectivity index (χ3v) is 2.49. The van der Waals surface area contributed by atoms with Gasteiger partial charge in [0.2, 0.25) is 0 Å². The first-order valence-electron chi connectivity index (χ1n) is 5.87. The maximum atomic E-state index is 11.6. The first-order valence-corrected chi connectivity index (χ1v) is 5.87. The van der Waals surface area contributed by atoms with E-state index in [2.05, 4.69) is 26.1 Å². The van der Waals surface area contributed by atoms with Crippen molar-refractivity contribution < 1.29 is 14.3 Å². The minimum absolute atomic E-state index is 0.191. The Balaban J connectivity index is 4.32. The third-order valence-electron chi connectivity index (χ3n) is 2.49. The Morgan fingerprint density at radius 1 is 1.31 bits per heavy atom. The van der Waals surface area contributed by atoms with Gasteiger partial charge in [0, 0.05) is 13.2 Å². The molecule has 1 N–H and O–H groups in total. The van der Waals surface area contributed by atoms with Crippen molar-refractivity contribution in [2.75, 3.05) is 20.8 Å². The molecule has 0 aliphatic carbocycles. The van der Waals surface area contributed by atoms with Crippen LogP contribution in [0, 0.1) is 5.92 Å². The van der Waals surface area contributed by atoms with Crippen molar-refractivity contribution in [3.05, 3.63) is 0 Å². The van der Waals surface area contributed by atoms with E-state index in [1.165, 1.54) is 7.11 Å². The Hall–Kier alpha value is -0.610. The number of carbonyl (C=O) groups excluding carboxylic acids is 1. The minimum Gasteiger partial charge on any atom is -0.468 e. The number of hydrogen-bond donors (Lipinski definition) is 1. The molecule has 16 heavy (non-hydrogen) atoms. The second kappa shape index (κ2) is 8.53. The van der Waals surface area contributed by atoms with Crippen molar-refractivity contribution in [1.29, 1.82) is 0 Å². The Bertz CT molecular complexity index is 195. The Kier molecular flexibility index (Phi) is 8.21. The molecule has 0 saturated carbocycles. The Morgan fingerprint density at radius 3 is 2.31 bits per heavy atom. The van der Waals surface area contributed by atoms with Crippen LogP contribution in [0.1, 0.15) is 33.6 Å². The molecule has 4 heteroatoms. The number of rotatable bonds is 8. The number of nitrogens with one attached hydrogen (secondary N) is 1. The lowest BCUT2D eigenvalue weighted by atomic mass is 10.0. The number of ether oxygens (including phenoxy) is 2. The van der Waals surface area contributed by atoms with E-state index in [1.54, 1.807) is 7.11 Å². The molecular formula is C12H25NO3. The van der Waals surface area contributed by atoms with Crippen LogP contribution in [-0.2, 0) is 14.3 Å². The lowest BCUT2D eigenvalue weighted by molar-refractivity contribution is -0.144. The summed E-state index contributed by atoms with van der Waals surface area (Å²) in [7, 11) is 3.09. The van der Waals surface area contributed by atoms with Gasteiger partial charge in [0.1, 0.15) is 6.04 Å². The highest BCUT2D eigenvalue weighted by Crippen LogP contribution is 2.08. The first-order chi connectivity index (χ1) is 7.54. The summed E-state index contributed by atoms with van der Waals surface area (Å²) in [5.74, 6) is 0.264. The molecule has 2 unspecified atom stereocenters. The number of methoxy groups -OCH3 is 2. The van der Waals surface area contributed by atoms with Crippen LogP contribution in [0.3, 0.4) is 0 Å². The van der Waals surface area contributed by atoms with Gasteiger partial charge in [-0.15, -0.1) is 0 Å². The van der Waals surface area contributed by atoms with Gasteiger partial charge in [-0.2, -0.15) is 0 Å². The lowest BCUT2D eigenvalue weighted by Crippen LogP contribution is -2.46. The first kappa shape index (κ1) is 15.4. The third kappa shape index (κ3) is 6.08. The van der Waals surface area contributed by atoms with Crippen LogP contribution < -0.4 is 5.32 Å². The van der Waals surface area contributed by atoms with Gasteiger partial charge < -0.3 is 9.47 Å². The average Bonchev–Trinajstić information content (AvgIpc) is 2.25. The zero-order chi connectivity index (χ0) is 12.6. The molecule has 0 amide bonds. The fraction of sp³-hybridized carbons (Fsp3) is 0.917. The maximum absolute atomic E-state index is 11.6. The fourth-order valence-corrected chi connectivity index (χ4v) is 1.62. The normalized spacial score (nSPS) is 14.9. The van der Waals surface area contributed by atoms with Crippen molar-refractivity contribution in [1.82, 2.24) is 5.32 Å². The molecule has 0 aliphatic rings. The van der Waals surface area contributed by atoms with Crippen LogP contribution in [-0.4, -0.2) is 38.9 Å². The number of esters is 1. The molecule has 0 saturated heterocycles. The van der Waals surface area contributed by atoms with Gasteiger partial charge in [-0.3, -0.25) is 10.1 Å². The van der Waals surface area contributed by atoms with Crippen molar-refractivity contribution in [3.63, 3.8) is 0 Å². The van der Waals surface area contributed by atoms with Crippen LogP contribution >= 0.6 is 0 Å². The van der Waals surface area contributed by atoms with E-state index in [4.69, 9.17) is 9.47 Å². The standard InChI is InChI=1S/C12H25NO3/c1-6-10(8-15-4)13-11(7-9(2)3)12(14)16-5/h9-11,13H,6-8H2,1-5H3. The van der Waals surface area contributed by atoms with E-state index < -0.39 is 0 Å². The van der Waals surface area contributed by atoms with Crippen molar-refractivity contribution in [2.45, 2.75) is 45.7 Å². The molecule has 0 bridgehead atoms. The van der Waals surface area contributed by atoms with E-state index in [0.717, 1.165) is 12.8 Å². The van der Waals surface area contributed by atoms with Gasteiger partial charge in [-0.25, -0.2) is 0 Å². The molecule has 0 radical (unpaired) electrons. The smallest absolute Gasteiger partial charge is 0.322 e. The molecule has 0 aliphatic heterocycles. The second-order valence-electron chi connectivity index (χ2n) is 4.43. The molecule has 0 aromatic carbocycles. The summed E-state index contributed by atoms with van der Waals surface area (Å²) < 4.78 is 9.89. The van der Waals surface area contributed by atoms with Crippen LogP contribution in [0.4, 0.5) is 0 Å². The summed E-state index contributed by atoms with van der Waals surface area (Å²) in [6, 6.07) is -0.0297. The van der Waals surface area contributed by atoms with Crippen molar-refractivity contribution in [2.24, 2.45) is 5.92 Å². The molecule has 2 atom stereocenters. The number of hydrogen-bond acceptors (Lipinski definition) is 4. The van der Waals surface area contributed by atoms with Gasteiger partial charge in [0.05, 0.1) is 13.7 Å². The highest BCUT2D eigenvalue weighted by Gasteiger charge is 2.22. The summed E-state index contributed by atoms with van der Waals surface area (Å²) in [5.41, 5.74) is 0. The molecule has 0 heterocycles. The van der Waals surface area contributed by atoms with Crippen molar-refractivity contribution >= 4 is 5.97 Å². The maximum Gasteiger partial charge on any atom is 0.322 e. The zero-order valence-electron chi connectivity index (χ0n) is 11.1. The largest absolute Gasteiger partial charge is 0.468 e. The second-order valence-corrected chi connectivity index (χ2v) is 4.43. The predicted molar refractivity (Wildman–Crippen MR) is 64.3 cm³/mol. The summed E-state index contributed by atoms with van der Waals surface area (Å²) in [4.78, 5) is 11.6. The highest BCUT2D eigenvalue weighted by atomic mass is 16.5. The summed E-state index contributed by atoms with van der Waals surface area (Å²) >= 11 is 0. The monoisotopic (exact) mass is 231 g/mol. The SMILES string of the molecule is CCC(COC)NC(CC(C)C)C(=O)OC. The van der Waals surface area contributed by atoms with E-state index >= 15 is 0 Å². The molecule has 0 aromatic heterocycles. The van der Waals surface area contributed by atoms with Gasteiger partial charge >= 0.3 is 5.97 Å². The molecule has 96 valence electrons. The molecular weight excluding hydrogens is 206 g/mol. The van der Waals surface area contributed by atoms with Crippen LogP contribution in [0.15, 0.2) is 0 Å². The summed E-state index contributed by atoms with van der Waals surface area (Å²) in [5, 5.41) is 3.29. The molecule has 0 rings (SSSR count). The van der Waals surface area contributed by atoms with E-state index in [1.807, 2.05) is 0 Å². The molecule has 0 fully saturated rings. The minimum atomic E-state index is -0.231. The predicted octanol–water partition coefficient (Wildman–Crippen LogP) is 1.59. The fourth-order valence-electron chi connectivity index (χ4n) is 1.62. The average molecular weight is 231 g/mol. The number of carbonyl (C=O) groups is 1. The van der Waals surface area contributed by atoms with Crippen LogP contribution in [0.2, 0.25) is 0 Å². The van der Waals surface area contributed by atoms with Crippen LogP contribution in [0.25, 0.3) is 0 Å². The molecule has 4 nitrogen and oxygen atoms in total. The van der Waals surface area contributed by atoms with Crippen LogP contribution in [0.5, 0.6) is 0 Å². The van der Waals surface area contributed by atoms with Gasteiger partial charge in [-0.05, 0) is 18.8 Å². The van der Waals surface area contributed by atoms with E-state index in [9.17, 15) is 4.79 Å². The highest BCUT2D eigenvalue weighted by molar-refractivity contribution is 5.75. The quantitative estimate of drug-likeness (QED) is 0.644. The Labute approximate surface area is 98.7 Å².